The topological polar surface area (TPSA) is 73.7 Å². The van der Waals surface area contributed by atoms with Crippen LogP contribution >= 0.6 is 0 Å². The Labute approximate surface area is 151 Å². The summed E-state index contributed by atoms with van der Waals surface area (Å²) in [7, 11) is 3.92. The second-order valence-electron chi connectivity index (χ2n) is 6.66. The summed E-state index contributed by atoms with van der Waals surface area (Å²) in [5, 5.41) is 9.90. The van der Waals surface area contributed by atoms with Crippen LogP contribution in [0, 0.1) is 13.8 Å². The maximum atomic E-state index is 9.90. The lowest BCUT2D eigenvalue weighted by molar-refractivity contribution is 0.186. The van der Waals surface area contributed by atoms with E-state index >= 15 is 0 Å². The number of hydrogen-bond acceptors (Lipinski definition) is 4. The van der Waals surface area contributed by atoms with Crippen LogP contribution in [0.15, 0.2) is 30.6 Å². The zero-order valence-corrected chi connectivity index (χ0v) is 15.6. The molecule has 7 nitrogen and oxygen atoms in total. The molecule has 0 amide bonds. The van der Waals surface area contributed by atoms with E-state index in [2.05, 4.69) is 26.4 Å². The molecule has 4 rings (SSSR count). The van der Waals surface area contributed by atoms with Crippen molar-refractivity contribution in [3.05, 3.63) is 47.8 Å². The van der Waals surface area contributed by atoms with Crippen molar-refractivity contribution in [1.82, 2.24) is 28.7 Å². The minimum absolute atomic E-state index is 0.613. The smallest absolute Gasteiger partial charge is 0.181 e. The maximum absolute atomic E-state index is 9.90. The number of benzene rings is 1. The van der Waals surface area contributed by atoms with E-state index in [4.69, 9.17) is 0 Å². The quantitative estimate of drug-likeness (QED) is 0.617. The minimum atomic E-state index is -0.613. The number of nitrogens with zero attached hydrogens (tertiary/aromatic N) is 6. The molecule has 0 fully saturated rings. The first-order chi connectivity index (χ1) is 12.4. The summed E-state index contributed by atoms with van der Waals surface area (Å²) < 4.78 is 5.99. The van der Waals surface area contributed by atoms with E-state index in [0.717, 1.165) is 39.8 Å². The monoisotopic (exact) mass is 350 g/mol. The van der Waals surface area contributed by atoms with Gasteiger partial charge in [-0.2, -0.15) is 0 Å². The van der Waals surface area contributed by atoms with E-state index in [1.165, 1.54) is 0 Å². The van der Waals surface area contributed by atoms with Crippen LogP contribution in [0.4, 0.5) is 0 Å². The highest BCUT2D eigenvalue weighted by Crippen LogP contribution is 2.26. The molecular weight excluding hydrogens is 328 g/mol. The van der Waals surface area contributed by atoms with Crippen LogP contribution in [0.1, 0.15) is 30.2 Å². The molecule has 4 aromatic rings. The van der Waals surface area contributed by atoms with Gasteiger partial charge in [0.05, 0.1) is 16.7 Å². The molecule has 134 valence electrons. The van der Waals surface area contributed by atoms with Gasteiger partial charge in [-0.3, -0.25) is 4.57 Å². The molecule has 0 saturated heterocycles. The summed E-state index contributed by atoms with van der Waals surface area (Å²) in [6.07, 6.45) is 3.09. The molecular formula is C19H22N6O. The zero-order chi connectivity index (χ0) is 18.6. The number of aromatic nitrogens is 6. The van der Waals surface area contributed by atoms with Gasteiger partial charge in [0.25, 0.3) is 0 Å². The van der Waals surface area contributed by atoms with E-state index in [-0.39, 0.29) is 0 Å². The number of fused-ring (bicyclic) bond motifs is 1. The highest BCUT2D eigenvalue weighted by atomic mass is 16.3. The number of rotatable bonds is 3. The van der Waals surface area contributed by atoms with E-state index in [9.17, 15) is 5.11 Å². The van der Waals surface area contributed by atoms with Gasteiger partial charge < -0.3 is 14.2 Å². The molecule has 1 unspecified atom stereocenters. The number of hydrogen-bond donors (Lipinski definition) is 1. The summed E-state index contributed by atoms with van der Waals surface area (Å²) in [4.78, 5) is 13.8. The zero-order valence-electron chi connectivity index (χ0n) is 15.6. The van der Waals surface area contributed by atoms with Gasteiger partial charge in [0, 0.05) is 37.9 Å². The molecule has 1 N–H and O–H groups in total. The van der Waals surface area contributed by atoms with Crippen LogP contribution in [0.5, 0.6) is 0 Å². The standard InChI is InChI=1S/C19H22N6O/c1-11-12(2)23(4)19(21-11)18-20-8-9-25(18)14-6-7-16-15(10-14)22-17(13(3)26)24(16)5/h6-10,13,26H,1-5H3. The minimum Gasteiger partial charge on any atom is -0.385 e. The summed E-state index contributed by atoms with van der Waals surface area (Å²) in [5.41, 5.74) is 4.90. The summed E-state index contributed by atoms with van der Waals surface area (Å²) in [6, 6.07) is 6.06. The van der Waals surface area contributed by atoms with Crippen LogP contribution in [0.3, 0.4) is 0 Å². The Kier molecular flexibility index (Phi) is 3.69. The second kappa shape index (κ2) is 5.81. The molecule has 7 heteroatoms. The third kappa shape index (κ3) is 2.35. The molecule has 0 aliphatic heterocycles. The fourth-order valence-corrected chi connectivity index (χ4v) is 3.32. The average Bonchev–Trinajstić information content (AvgIpc) is 3.28. The number of aryl methyl sites for hydroxylation is 2. The number of imidazole rings is 3. The molecule has 3 aromatic heterocycles. The molecule has 0 bridgehead atoms. The normalized spacial score (nSPS) is 12.8. The molecule has 0 spiro atoms. The second-order valence-corrected chi connectivity index (χ2v) is 6.66. The fraction of sp³-hybridized carbons (Fsp3) is 0.316. The van der Waals surface area contributed by atoms with Gasteiger partial charge in [0.15, 0.2) is 11.6 Å². The highest BCUT2D eigenvalue weighted by molar-refractivity contribution is 5.79. The van der Waals surface area contributed by atoms with Gasteiger partial charge in [0.2, 0.25) is 0 Å². The first-order valence-electron chi connectivity index (χ1n) is 8.57. The number of aliphatic hydroxyl groups excluding tert-OH is 1. The first kappa shape index (κ1) is 16.5. The summed E-state index contributed by atoms with van der Waals surface area (Å²) >= 11 is 0. The van der Waals surface area contributed by atoms with Crippen molar-refractivity contribution in [3.8, 4) is 17.3 Å². The third-order valence-electron chi connectivity index (χ3n) is 5.01. The van der Waals surface area contributed by atoms with Crippen molar-refractivity contribution >= 4 is 11.0 Å². The van der Waals surface area contributed by atoms with Crippen LogP contribution in [0.2, 0.25) is 0 Å². The van der Waals surface area contributed by atoms with Gasteiger partial charge >= 0.3 is 0 Å². The van der Waals surface area contributed by atoms with Crippen LogP contribution in [0.25, 0.3) is 28.4 Å². The van der Waals surface area contributed by atoms with E-state index in [1.807, 2.05) is 54.5 Å². The van der Waals surface area contributed by atoms with Gasteiger partial charge in [0.1, 0.15) is 11.9 Å². The van der Waals surface area contributed by atoms with Crippen LogP contribution in [-0.4, -0.2) is 33.8 Å². The molecule has 0 radical (unpaired) electrons. The van der Waals surface area contributed by atoms with Gasteiger partial charge in [-0.15, -0.1) is 0 Å². The van der Waals surface area contributed by atoms with Gasteiger partial charge in [-0.1, -0.05) is 0 Å². The van der Waals surface area contributed by atoms with E-state index in [1.54, 1.807) is 13.1 Å². The Morgan fingerprint density at radius 1 is 1.04 bits per heavy atom. The molecule has 0 saturated carbocycles. The molecule has 26 heavy (non-hydrogen) atoms. The lowest BCUT2D eigenvalue weighted by Gasteiger charge is -2.08. The van der Waals surface area contributed by atoms with E-state index in [0.29, 0.717) is 5.82 Å². The Bertz CT molecular complexity index is 1110. The van der Waals surface area contributed by atoms with Gasteiger partial charge in [-0.05, 0) is 39.0 Å². The maximum Gasteiger partial charge on any atom is 0.181 e. The van der Waals surface area contributed by atoms with Crippen molar-refractivity contribution in [2.45, 2.75) is 26.9 Å². The molecule has 1 atom stereocenters. The van der Waals surface area contributed by atoms with Gasteiger partial charge in [-0.25, -0.2) is 15.0 Å². The molecule has 0 aliphatic carbocycles. The number of aliphatic hydroxyl groups is 1. The Morgan fingerprint density at radius 2 is 1.81 bits per heavy atom. The predicted octanol–water partition coefficient (Wildman–Crippen LogP) is 2.83. The van der Waals surface area contributed by atoms with Crippen molar-refractivity contribution in [3.63, 3.8) is 0 Å². The molecule has 1 aromatic carbocycles. The van der Waals surface area contributed by atoms with Crippen molar-refractivity contribution in [2.24, 2.45) is 14.1 Å². The lowest BCUT2D eigenvalue weighted by Crippen LogP contribution is -2.02. The largest absolute Gasteiger partial charge is 0.385 e. The van der Waals surface area contributed by atoms with Crippen LogP contribution in [-0.2, 0) is 14.1 Å². The Hall–Kier alpha value is -2.93. The van der Waals surface area contributed by atoms with Crippen molar-refractivity contribution < 1.29 is 5.11 Å². The van der Waals surface area contributed by atoms with Crippen molar-refractivity contribution in [2.75, 3.05) is 0 Å². The Balaban J connectivity index is 1.87. The molecule has 3 heterocycles. The average molecular weight is 350 g/mol. The predicted molar refractivity (Wildman–Crippen MR) is 100 cm³/mol. The van der Waals surface area contributed by atoms with Crippen LogP contribution < -0.4 is 0 Å². The SMILES string of the molecule is Cc1nc(-c2nccn2-c2ccc3c(c2)nc(C(C)O)n3C)n(C)c1C. The first-order valence-corrected chi connectivity index (χ1v) is 8.57. The summed E-state index contributed by atoms with van der Waals surface area (Å²) in [6.45, 7) is 5.78. The Morgan fingerprint density at radius 3 is 2.46 bits per heavy atom. The lowest BCUT2D eigenvalue weighted by atomic mass is 10.2. The van der Waals surface area contributed by atoms with Crippen molar-refractivity contribution in [1.29, 1.82) is 0 Å². The molecule has 0 aliphatic rings. The highest BCUT2D eigenvalue weighted by Gasteiger charge is 2.17. The third-order valence-corrected chi connectivity index (χ3v) is 5.01. The summed E-state index contributed by atoms with van der Waals surface area (Å²) in [5.74, 6) is 2.27. The van der Waals surface area contributed by atoms with E-state index < -0.39 is 6.10 Å². The fourth-order valence-electron chi connectivity index (χ4n) is 3.32.